The van der Waals surface area contributed by atoms with E-state index < -0.39 is 11.9 Å². The minimum Gasteiger partial charge on any atom is -0.483 e. The number of amides is 1. The molecule has 6 nitrogen and oxygen atoms in total. The third-order valence-corrected chi connectivity index (χ3v) is 7.61. The SMILES string of the molecule is O=C(O)/C=C/c1ccc(-c2ccc(OCC(=O)NO)c(C34C[C@H]5CCC(C5)(C3)C4)c2)cc1. The van der Waals surface area contributed by atoms with Gasteiger partial charge in [-0.2, -0.15) is 0 Å². The third-order valence-electron chi connectivity index (χ3n) is 7.61. The maximum absolute atomic E-state index is 11.6. The highest BCUT2D eigenvalue weighted by molar-refractivity contribution is 5.85. The van der Waals surface area contributed by atoms with Crippen LogP contribution < -0.4 is 10.2 Å². The van der Waals surface area contributed by atoms with E-state index >= 15 is 0 Å². The Morgan fingerprint density at radius 1 is 1.09 bits per heavy atom. The molecule has 0 aromatic heterocycles. The van der Waals surface area contributed by atoms with Crippen molar-refractivity contribution in [1.82, 2.24) is 5.48 Å². The molecule has 1 spiro atoms. The fourth-order valence-electron chi connectivity index (χ4n) is 6.58. The van der Waals surface area contributed by atoms with Crippen LogP contribution in [-0.4, -0.2) is 28.8 Å². The number of ether oxygens (including phenoxy) is 1. The Hall–Kier alpha value is -3.12. The summed E-state index contributed by atoms with van der Waals surface area (Å²) in [6, 6.07) is 13.9. The molecule has 3 N–H and O–H groups in total. The van der Waals surface area contributed by atoms with Gasteiger partial charge in [0.2, 0.25) is 0 Å². The first kappa shape index (κ1) is 20.8. The molecule has 0 radical (unpaired) electrons. The van der Waals surface area contributed by atoms with Crippen LogP contribution in [0.5, 0.6) is 5.75 Å². The van der Waals surface area contributed by atoms with Crippen LogP contribution in [0.2, 0.25) is 0 Å². The first-order chi connectivity index (χ1) is 15.4. The van der Waals surface area contributed by atoms with Crippen molar-refractivity contribution in [2.24, 2.45) is 11.3 Å². The predicted molar refractivity (Wildman–Crippen MR) is 119 cm³/mol. The van der Waals surface area contributed by atoms with Crippen LogP contribution in [0.4, 0.5) is 0 Å². The van der Waals surface area contributed by atoms with Crippen LogP contribution in [0.1, 0.15) is 49.7 Å². The molecule has 6 rings (SSSR count). The summed E-state index contributed by atoms with van der Waals surface area (Å²) >= 11 is 0. The van der Waals surface area contributed by atoms with Crippen molar-refractivity contribution in [2.45, 2.75) is 43.9 Å². The Bertz CT molecular complexity index is 1080. The quantitative estimate of drug-likeness (QED) is 0.338. The maximum atomic E-state index is 11.6. The van der Waals surface area contributed by atoms with Gasteiger partial charge < -0.3 is 9.84 Å². The molecule has 0 heterocycles. The van der Waals surface area contributed by atoms with E-state index in [1.165, 1.54) is 38.5 Å². The highest BCUT2D eigenvalue weighted by atomic mass is 16.5. The number of hydrogen-bond donors (Lipinski definition) is 3. The molecule has 4 aliphatic carbocycles. The van der Waals surface area contributed by atoms with E-state index in [-0.39, 0.29) is 12.0 Å². The molecule has 4 fully saturated rings. The molecule has 0 aliphatic heterocycles. The first-order valence-corrected chi connectivity index (χ1v) is 11.1. The monoisotopic (exact) mass is 433 g/mol. The summed E-state index contributed by atoms with van der Waals surface area (Å²) < 4.78 is 5.85. The van der Waals surface area contributed by atoms with Gasteiger partial charge in [-0.25, -0.2) is 10.3 Å². The molecule has 166 valence electrons. The van der Waals surface area contributed by atoms with Crippen molar-refractivity contribution < 1.29 is 24.6 Å². The number of carboxylic acids is 1. The first-order valence-electron chi connectivity index (χ1n) is 11.1. The lowest BCUT2D eigenvalue weighted by Gasteiger charge is -2.60. The van der Waals surface area contributed by atoms with Gasteiger partial charge in [0.25, 0.3) is 5.91 Å². The molecule has 4 aliphatic rings. The van der Waals surface area contributed by atoms with Crippen LogP contribution in [0.15, 0.2) is 48.5 Å². The van der Waals surface area contributed by atoms with Gasteiger partial charge >= 0.3 is 5.97 Å². The van der Waals surface area contributed by atoms with E-state index in [0.717, 1.165) is 40.0 Å². The number of benzene rings is 2. The van der Waals surface area contributed by atoms with Gasteiger partial charge in [0.1, 0.15) is 5.75 Å². The van der Waals surface area contributed by atoms with Crippen molar-refractivity contribution in [3.63, 3.8) is 0 Å². The number of carbonyl (C=O) groups is 2. The van der Waals surface area contributed by atoms with E-state index in [1.807, 2.05) is 36.4 Å². The largest absolute Gasteiger partial charge is 0.483 e. The molecule has 0 saturated heterocycles. The molecule has 1 atom stereocenters. The van der Waals surface area contributed by atoms with Crippen LogP contribution >= 0.6 is 0 Å². The summed E-state index contributed by atoms with van der Waals surface area (Å²) in [4.78, 5) is 22.3. The van der Waals surface area contributed by atoms with E-state index in [0.29, 0.717) is 5.41 Å². The van der Waals surface area contributed by atoms with Gasteiger partial charge in [0.05, 0.1) is 0 Å². The summed E-state index contributed by atoms with van der Waals surface area (Å²) in [6.07, 6.45) is 10.2. The van der Waals surface area contributed by atoms with E-state index in [4.69, 9.17) is 15.1 Å². The minimum absolute atomic E-state index is 0.102. The standard InChI is InChI=1S/C26H27NO5/c28-23(27-31)14-32-22-7-6-20(19-4-1-17(2-5-19)3-8-24(29)30)11-21(22)26-13-18-9-10-25(12-18,15-26)16-26/h1-8,11,18,31H,9-10,12-16H2,(H,27,28)(H,29,30)/b8-3+/t18-,25?,26?/m0/s1. The Morgan fingerprint density at radius 2 is 1.84 bits per heavy atom. The molecule has 4 saturated carbocycles. The van der Waals surface area contributed by atoms with E-state index in [2.05, 4.69) is 6.07 Å². The van der Waals surface area contributed by atoms with Crippen LogP contribution in [0, 0.1) is 11.3 Å². The number of carbonyl (C=O) groups excluding carboxylic acids is 1. The average molecular weight is 434 g/mol. The maximum Gasteiger partial charge on any atom is 0.328 e. The lowest BCUT2D eigenvalue weighted by Crippen LogP contribution is -2.52. The van der Waals surface area contributed by atoms with E-state index in [1.54, 1.807) is 11.6 Å². The van der Waals surface area contributed by atoms with Crippen molar-refractivity contribution in [1.29, 1.82) is 0 Å². The molecule has 0 unspecified atom stereocenters. The van der Waals surface area contributed by atoms with Crippen molar-refractivity contribution in [3.05, 3.63) is 59.7 Å². The molecule has 2 aromatic carbocycles. The summed E-state index contributed by atoms with van der Waals surface area (Å²) in [5.41, 5.74) is 6.34. The molecule has 1 amide bonds. The number of aliphatic carboxylic acids is 1. The number of nitrogens with one attached hydrogen (secondary N) is 1. The second kappa shape index (κ2) is 7.78. The summed E-state index contributed by atoms with van der Waals surface area (Å²) in [5, 5.41) is 17.6. The van der Waals surface area contributed by atoms with Gasteiger partial charge in [-0.1, -0.05) is 30.3 Å². The number of rotatable bonds is 7. The van der Waals surface area contributed by atoms with Gasteiger partial charge in [0.15, 0.2) is 6.61 Å². The second-order valence-corrected chi connectivity index (χ2v) is 9.78. The van der Waals surface area contributed by atoms with E-state index in [9.17, 15) is 9.59 Å². The van der Waals surface area contributed by atoms with Crippen LogP contribution in [-0.2, 0) is 15.0 Å². The Labute approximate surface area is 186 Å². The van der Waals surface area contributed by atoms with Crippen LogP contribution in [0.25, 0.3) is 17.2 Å². The molecule has 6 heteroatoms. The predicted octanol–water partition coefficient (Wildman–Crippen LogP) is 4.56. The highest BCUT2D eigenvalue weighted by Gasteiger charge is 2.63. The van der Waals surface area contributed by atoms with Crippen molar-refractivity contribution in [3.8, 4) is 16.9 Å². The fraction of sp³-hybridized carbons (Fsp3) is 0.385. The normalized spacial score (nSPS) is 27.7. The average Bonchev–Trinajstić information content (AvgIpc) is 3.04. The second-order valence-electron chi connectivity index (χ2n) is 9.78. The molecule has 2 aromatic rings. The zero-order chi connectivity index (χ0) is 22.3. The van der Waals surface area contributed by atoms with Gasteiger partial charge in [-0.15, -0.1) is 0 Å². The number of hydroxylamine groups is 1. The van der Waals surface area contributed by atoms with Crippen molar-refractivity contribution in [2.75, 3.05) is 6.61 Å². The third kappa shape index (κ3) is 3.69. The molecular formula is C26H27NO5. The number of carboxylic acid groups (broad SMARTS) is 1. The Balaban J connectivity index is 1.47. The fourth-order valence-corrected chi connectivity index (χ4v) is 6.58. The summed E-state index contributed by atoms with van der Waals surface area (Å²) in [7, 11) is 0. The zero-order valence-electron chi connectivity index (χ0n) is 17.8. The van der Waals surface area contributed by atoms with Crippen LogP contribution in [0.3, 0.4) is 0 Å². The molecular weight excluding hydrogens is 406 g/mol. The lowest BCUT2D eigenvalue weighted by molar-refractivity contribution is -0.132. The zero-order valence-corrected chi connectivity index (χ0v) is 17.8. The molecule has 3 bridgehead atoms. The smallest absolute Gasteiger partial charge is 0.328 e. The summed E-state index contributed by atoms with van der Waals surface area (Å²) in [6.45, 7) is -0.224. The van der Waals surface area contributed by atoms with Crippen molar-refractivity contribution >= 4 is 18.0 Å². The summed E-state index contributed by atoms with van der Waals surface area (Å²) in [5.74, 6) is -0.0518. The number of hydrogen-bond acceptors (Lipinski definition) is 4. The molecule has 32 heavy (non-hydrogen) atoms. The van der Waals surface area contributed by atoms with Gasteiger partial charge in [-0.05, 0) is 84.8 Å². The topological polar surface area (TPSA) is 95.9 Å². The lowest BCUT2D eigenvalue weighted by atomic mass is 9.44. The highest BCUT2D eigenvalue weighted by Crippen LogP contribution is 2.72. The Kier molecular flexibility index (Phi) is 5.05. The van der Waals surface area contributed by atoms with Gasteiger partial charge in [0, 0.05) is 17.1 Å². The Morgan fingerprint density at radius 3 is 2.53 bits per heavy atom. The van der Waals surface area contributed by atoms with Gasteiger partial charge in [-0.3, -0.25) is 10.0 Å². The minimum atomic E-state index is -0.969.